The lowest BCUT2D eigenvalue weighted by Crippen LogP contribution is -2.44. The van der Waals surface area contributed by atoms with E-state index in [2.05, 4.69) is 9.72 Å². The highest BCUT2D eigenvalue weighted by Gasteiger charge is 2.38. The smallest absolute Gasteiger partial charge is 0.425 e. The molecule has 3 amide bonds. The van der Waals surface area contributed by atoms with E-state index in [0.29, 0.717) is 30.0 Å². The Morgan fingerprint density at radius 3 is 2.31 bits per heavy atom. The van der Waals surface area contributed by atoms with Gasteiger partial charge in [-0.1, -0.05) is 19.4 Å². The van der Waals surface area contributed by atoms with E-state index in [-0.39, 0.29) is 17.7 Å². The van der Waals surface area contributed by atoms with Crippen LogP contribution in [0.2, 0.25) is 0 Å². The molecular formula is C33H38F6N4O4S. The fourth-order valence-corrected chi connectivity index (χ4v) is 6.12. The quantitative estimate of drug-likeness (QED) is 0.280. The summed E-state index contributed by atoms with van der Waals surface area (Å²) < 4.78 is 79.3. The minimum atomic E-state index is -4.56. The summed E-state index contributed by atoms with van der Waals surface area (Å²) in [6.45, 7) is 5.41. The Kier molecular flexibility index (Phi) is 13.4. The molecule has 0 spiro atoms. The lowest BCUT2D eigenvalue weighted by molar-refractivity contribution is -0.138. The van der Waals surface area contributed by atoms with Gasteiger partial charge in [0.05, 0.1) is 12.7 Å². The monoisotopic (exact) mass is 700 g/mol. The highest BCUT2D eigenvalue weighted by molar-refractivity contribution is 7.10. The Labute approximate surface area is 278 Å². The average Bonchev–Trinajstić information content (AvgIpc) is 3.55. The van der Waals surface area contributed by atoms with Crippen LogP contribution in [0.5, 0.6) is 5.75 Å². The molecule has 1 atom stereocenters. The van der Waals surface area contributed by atoms with Gasteiger partial charge in [-0.2, -0.15) is 26.3 Å². The number of thiophene rings is 1. The summed E-state index contributed by atoms with van der Waals surface area (Å²) in [6, 6.07) is 8.58. The third kappa shape index (κ3) is 10.4. The van der Waals surface area contributed by atoms with E-state index >= 15 is 0 Å². The first-order valence-electron chi connectivity index (χ1n) is 15.3. The van der Waals surface area contributed by atoms with Crippen LogP contribution in [0.3, 0.4) is 0 Å². The number of carbonyl (C=O) groups excluding carboxylic acids is 3. The molecular weight excluding hydrogens is 662 g/mol. The normalized spacial score (nSPS) is 16.1. The number of aromatic nitrogens is 1. The summed E-state index contributed by atoms with van der Waals surface area (Å²) in [6.07, 6.45) is -2.30. The van der Waals surface area contributed by atoms with E-state index in [1.807, 2.05) is 13.0 Å². The molecule has 0 saturated carbocycles. The maximum absolute atomic E-state index is 13.0. The number of alkyl halides is 6. The number of fused-ring (bicyclic) bond motifs is 1. The molecule has 0 bridgehead atoms. The molecule has 1 aromatic carbocycles. The number of hydrogen-bond acceptors (Lipinski definition) is 6. The number of primary amides is 1. The molecule has 1 fully saturated rings. The molecule has 15 heteroatoms. The second kappa shape index (κ2) is 16.8. The second-order valence-corrected chi connectivity index (χ2v) is 12.1. The molecule has 2 N–H and O–H groups in total. The van der Waals surface area contributed by atoms with Gasteiger partial charge in [0.1, 0.15) is 16.3 Å². The van der Waals surface area contributed by atoms with Gasteiger partial charge in [-0.15, -0.1) is 11.3 Å². The van der Waals surface area contributed by atoms with Crippen LogP contribution >= 0.6 is 11.3 Å². The van der Waals surface area contributed by atoms with Crippen LogP contribution in [0.15, 0.2) is 48.0 Å². The third-order valence-corrected chi connectivity index (χ3v) is 8.82. The van der Waals surface area contributed by atoms with Crippen LogP contribution in [0.4, 0.5) is 26.3 Å². The summed E-state index contributed by atoms with van der Waals surface area (Å²) in [7, 11) is 1.34. The Bertz CT molecular complexity index is 1560. The number of likely N-dealkylation sites (tertiary alicyclic amines) is 1. The molecule has 48 heavy (non-hydrogen) atoms. The van der Waals surface area contributed by atoms with E-state index in [9.17, 15) is 40.7 Å². The standard InChI is InChI=1S/C15H19F3N2O.C12H14N2O2.C6H5F3OS/c1-2-6-11-7-3-4-10-20(11)14(21)13-12(15(16,17)18)8-5-9-19-13;1-8(15)14-5-4-9-2-3-10(12(13)16)6-11(9)7-14;1-10-4-2-5(11-3-4)6(7,8)9/h5,8-9,11H,2-4,6-7,10H2,1H3;2-3,6H,4-5,7H2,1H3,(H2,13,16);2-3H,1H3/t11-;;/m1../s1. The zero-order valence-corrected chi connectivity index (χ0v) is 27.6. The van der Waals surface area contributed by atoms with Crippen molar-refractivity contribution in [3.8, 4) is 5.75 Å². The van der Waals surface area contributed by atoms with Crippen LogP contribution in [0, 0.1) is 0 Å². The van der Waals surface area contributed by atoms with Crippen molar-refractivity contribution in [3.05, 3.63) is 80.8 Å². The van der Waals surface area contributed by atoms with E-state index in [1.54, 1.807) is 28.9 Å². The largest absolute Gasteiger partial charge is 0.496 e. The molecule has 4 heterocycles. The van der Waals surface area contributed by atoms with Crippen molar-refractivity contribution in [3.63, 3.8) is 0 Å². The number of ether oxygens (including phenoxy) is 1. The van der Waals surface area contributed by atoms with E-state index in [1.165, 1.54) is 30.3 Å². The Morgan fingerprint density at radius 2 is 1.75 bits per heavy atom. The van der Waals surface area contributed by atoms with Crippen molar-refractivity contribution in [2.45, 2.75) is 77.3 Å². The lowest BCUT2D eigenvalue weighted by atomic mass is 9.97. The number of carbonyl (C=O) groups is 3. The first-order chi connectivity index (χ1) is 22.6. The van der Waals surface area contributed by atoms with Crippen molar-refractivity contribution < 1.29 is 45.5 Å². The van der Waals surface area contributed by atoms with Crippen molar-refractivity contribution in [2.24, 2.45) is 5.73 Å². The first kappa shape index (κ1) is 38.3. The molecule has 8 nitrogen and oxygen atoms in total. The molecule has 2 aliphatic heterocycles. The molecule has 1 saturated heterocycles. The number of hydrogen-bond donors (Lipinski definition) is 1. The summed E-state index contributed by atoms with van der Waals surface area (Å²) >= 11 is 0.631. The van der Waals surface area contributed by atoms with Gasteiger partial charge in [-0.25, -0.2) is 0 Å². The molecule has 3 aromatic rings. The number of nitrogens with two attached hydrogens (primary N) is 1. The summed E-state index contributed by atoms with van der Waals surface area (Å²) in [5, 5.41) is 1.32. The first-order valence-corrected chi connectivity index (χ1v) is 16.1. The molecule has 5 rings (SSSR count). The lowest BCUT2D eigenvalue weighted by Gasteiger charge is -2.36. The maximum Gasteiger partial charge on any atom is 0.425 e. The zero-order chi connectivity index (χ0) is 35.6. The molecule has 0 unspecified atom stereocenters. The Morgan fingerprint density at radius 1 is 1.02 bits per heavy atom. The predicted octanol–water partition coefficient (Wildman–Crippen LogP) is 7.36. The second-order valence-electron chi connectivity index (χ2n) is 11.2. The summed E-state index contributed by atoms with van der Waals surface area (Å²) in [5.41, 5.74) is 6.52. The van der Waals surface area contributed by atoms with Gasteiger partial charge in [-0.3, -0.25) is 19.4 Å². The minimum Gasteiger partial charge on any atom is -0.496 e. The number of amides is 3. The zero-order valence-electron chi connectivity index (χ0n) is 26.8. The number of benzene rings is 1. The van der Waals surface area contributed by atoms with Crippen LogP contribution in [-0.4, -0.2) is 58.7 Å². The highest BCUT2D eigenvalue weighted by Crippen LogP contribution is 2.36. The number of rotatable bonds is 5. The summed E-state index contributed by atoms with van der Waals surface area (Å²) in [4.78, 5) is 41.2. The topological polar surface area (TPSA) is 106 Å². The number of halogens is 6. The summed E-state index contributed by atoms with van der Waals surface area (Å²) in [5.74, 6) is -0.707. The number of pyridine rings is 1. The van der Waals surface area contributed by atoms with Gasteiger partial charge in [-0.05, 0) is 67.5 Å². The Balaban J connectivity index is 0.000000205. The molecule has 2 aliphatic rings. The van der Waals surface area contributed by atoms with E-state index in [0.717, 1.165) is 62.8 Å². The molecule has 2 aromatic heterocycles. The number of piperidine rings is 1. The SMILES string of the molecule is CC(=O)N1CCc2ccc(C(N)=O)cc2C1.CCC[C@@H]1CCCCN1C(=O)c1ncccc1C(F)(F)F.COc1csc(C(F)(F)F)c1. The predicted molar refractivity (Wildman–Crippen MR) is 168 cm³/mol. The van der Waals surface area contributed by atoms with Gasteiger partial charge in [0.15, 0.2) is 0 Å². The minimum absolute atomic E-state index is 0.0272. The van der Waals surface area contributed by atoms with Gasteiger partial charge in [0.2, 0.25) is 11.8 Å². The van der Waals surface area contributed by atoms with Crippen molar-refractivity contribution in [2.75, 3.05) is 20.2 Å². The van der Waals surface area contributed by atoms with Crippen molar-refractivity contribution in [1.82, 2.24) is 14.8 Å². The molecule has 0 aliphatic carbocycles. The van der Waals surface area contributed by atoms with Gasteiger partial charge < -0.3 is 20.3 Å². The number of methoxy groups -OCH3 is 1. The van der Waals surface area contributed by atoms with Crippen molar-refractivity contribution >= 4 is 29.1 Å². The fourth-order valence-electron chi connectivity index (χ4n) is 5.40. The highest BCUT2D eigenvalue weighted by atomic mass is 32.1. The van der Waals surface area contributed by atoms with E-state index < -0.39 is 40.3 Å². The van der Waals surface area contributed by atoms with Crippen LogP contribution in [0.1, 0.15) is 88.4 Å². The van der Waals surface area contributed by atoms with E-state index in [4.69, 9.17) is 5.73 Å². The van der Waals surface area contributed by atoms with Gasteiger partial charge in [0.25, 0.3) is 5.91 Å². The van der Waals surface area contributed by atoms with Crippen LogP contribution in [0.25, 0.3) is 0 Å². The van der Waals surface area contributed by atoms with Crippen molar-refractivity contribution in [1.29, 1.82) is 0 Å². The van der Waals surface area contributed by atoms with Gasteiger partial charge in [0, 0.05) is 55.8 Å². The van der Waals surface area contributed by atoms with Crippen LogP contribution < -0.4 is 10.5 Å². The maximum atomic E-state index is 13.0. The Hall–Kier alpha value is -4.14. The molecule has 0 radical (unpaired) electrons. The van der Waals surface area contributed by atoms with Crippen LogP contribution in [-0.2, 0) is 30.1 Å². The molecule has 262 valence electrons. The van der Waals surface area contributed by atoms with Gasteiger partial charge >= 0.3 is 12.4 Å². The average molecular weight is 701 g/mol. The fraction of sp³-hybridized carbons (Fsp3) is 0.455. The number of nitrogens with zero attached hydrogens (tertiary/aromatic N) is 3. The third-order valence-electron chi connectivity index (χ3n) is 7.86.